The van der Waals surface area contributed by atoms with E-state index in [-0.39, 0.29) is 5.54 Å². The van der Waals surface area contributed by atoms with Gasteiger partial charge >= 0.3 is 0 Å². The van der Waals surface area contributed by atoms with Gasteiger partial charge in [0, 0.05) is 24.2 Å². The van der Waals surface area contributed by atoms with Crippen LogP contribution in [0.1, 0.15) is 51.9 Å². The van der Waals surface area contributed by atoms with Gasteiger partial charge in [-0.1, -0.05) is 13.3 Å². The molecule has 1 saturated heterocycles. The van der Waals surface area contributed by atoms with Crippen molar-refractivity contribution in [2.45, 2.75) is 69.5 Å². The number of ether oxygens (including phenoxy) is 1. The highest BCUT2D eigenvalue weighted by molar-refractivity contribution is 5.03. The van der Waals surface area contributed by atoms with Gasteiger partial charge in [-0.2, -0.15) is 0 Å². The number of aliphatic hydroxyl groups excluding tert-OH is 1. The number of rotatable bonds is 7. The molecule has 0 aromatic heterocycles. The second-order valence-electron chi connectivity index (χ2n) is 7.28. The molecule has 122 valence electrons. The van der Waals surface area contributed by atoms with Crippen molar-refractivity contribution < 1.29 is 9.84 Å². The van der Waals surface area contributed by atoms with Crippen LogP contribution in [0.2, 0.25) is 0 Å². The van der Waals surface area contributed by atoms with Crippen LogP contribution in [0.15, 0.2) is 0 Å². The topological polar surface area (TPSA) is 44.7 Å². The standard InChI is InChI=1S/C17H32N2O2/c1-2-16-12-21-11-10-19(16)9-7-14-4-3-8-17(14,13-20)18-15-5-6-15/h14-16,18,20H,2-13H2,1H3. The Balaban J connectivity index is 1.55. The Labute approximate surface area is 129 Å². The highest BCUT2D eigenvalue weighted by Gasteiger charge is 2.45. The number of aliphatic hydroxyl groups is 1. The molecule has 4 heteroatoms. The Morgan fingerprint density at radius 3 is 2.90 bits per heavy atom. The molecule has 3 atom stereocenters. The maximum atomic E-state index is 10.0. The molecule has 2 saturated carbocycles. The zero-order valence-electron chi connectivity index (χ0n) is 13.5. The Kier molecular flexibility index (Phi) is 5.20. The van der Waals surface area contributed by atoms with Crippen molar-refractivity contribution in [3.05, 3.63) is 0 Å². The minimum atomic E-state index is 0.0230. The normalized spacial score (nSPS) is 38.0. The Bertz CT molecular complexity index is 335. The van der Waals surface area contributed by atoms with E-state index in [2.05, 4.69) is 17.1 Å². The van der Waals surface area contributed by atoms with Gasteiger partial charge in [0.15, 0.2) is 0 Å². The first kappa shape index (κ1) is 15.7. The Hall–Kier alpha value is -0.160. The highest BCUT2D eigenvalue weighted by atomic mass is 16.5. The van der Waals surface area contributed by atoms with Crippen molar-refractivity contribution in [3.63, 3.8) is 0 Å². The van der Waals surface area contributed by atoms with Gasteiger partial charge in [0.1, 0.15) is 0 Å². The van der Waals surface area contributed by atoms with Crippen LogP contribution in [0.5, 0.6) is 0 Å². The van der Waals surface area contributed by atoms with Gasteiger partial charge in [0.25, 0.3) is 0 Å². The first-order valence-corrected chi connectivity index (χ1v) is 8.98. The summed E-state index contributed by atoms with van der Waals surface area (Å²) in [6, 6.07) is 1.28. The lowest BCUT2D eigenvalue weighted by molar-refractivity contribution is -0.0133. The van der Waals surface area contributed by atoms with Gasteiger partial charge in [-0.3, -0.25) is 4.90 Å². The molecule has 1 aliphatic heterocycles. The summed E-state index contributed by atoms with van der Waals surface area (Å²) in [5.41, 5.74) is 0.0230. The van der Waals surface area contributed by atoms with Crippen LogP contribution in [-0.4, -0.2) is 60.5 Å². The van der Waals surface area contributed by atoms with Crippen LogP contribution in [0.4, 0.5) is 0 Å². The van der Waals surface area contributed by atoms with Crippen LogP contribution >= 0.6 is 0 Å². The first-order valence-electron chi connectivity index (χ1n) is 8.98. The minimum Gasteiger partial charge on any atom is -0.394 e. The molecule has 0 aromatic carbocycles. The fraction of sp³-hybridized carbons (Fsp3) is 1.00. The third kappa shape index (κ3) is 3.61. The van der Waals surface area contributed by atoms with Crippen LogP contribution in [-0.2, 0) is 4.74 Å². The van der Waals surface area contributed by atoms with Crippen molar-refractivity contribution in [1.29, 1.82) is 0 Å². The number of nitrogens with zero attached hydrogens (tertiary/aromatic N) is 1. The van der Waals surface area contributed by atoms with Gasteiger partial charge < -0.3 is 15.2 Å². The predicted molar refractivity (Wildman–Crippen MR) is 84.4 cm³/mol. The Morgan fingerprint density at radius 2 is 2.19 bits per heavy atom. The monoisotopic (exact) mass is 296 g/mol. The molecular formula is C17H32N2O2. The molecule has 3 aliphatic rings. The highest BCUT2D eigenvalue weighted by Crippen LogP contribution is 2.40. The maximum Gasteiger partial charge on any atom is 0.0622 e. The molecule has 4 nitrogen and oxygen atoms in total. The first-order chi connectivity index (χ1) is 10.3. The number of hydrogen-bond acceptors (Lipinski definition) is 4. The molecule has 1 heterocycles. The largest absolute Gasteiger partial charge is 0.394 e. The zero-order valence-corrected chi connectivity index (χ0v) is 13.5. The predicted octanol–water partition coefficient (Wildman–Crippen LogP) is 1.77. The maximum absolute atomic E-state index is 10.0. The van der Waals surface area contributed by atoms with Gasteiger partial charge in [0.05, 0.1) is 19.8 Å². The van der Waals surface area contributed by atoms with Gasteiger partial charge in [0.2, 0.25) is 0 Å². The Morgan fingerprint density at radius 1 is 1.33 bits per heavy atom. The van der Waals surface area contributed by atoms with Crippen LogP contribution in [0.3, 0.4) is 0 Å². The van der Waals surface area contributed by atoms with Gasteiger partial charge in [-0.05, 0) is 51.0 Å². The number of morpholine rings is 1. The van der Waals surface area contributed by atoms with Crippen molar-refractivity contribution in [1.82, 2.24) is 10.2 Å². The minimum absolute atomic E-state index is 0.0230. The summed E-state index contributed by atoms with van der Waals surface area (Å²) in [7, 11) is 0. The summed E-state index contributed by atoms with van der Waals surface area (Å²) in [6.07, 6.45) is 8.70. The van der Waals surface area contributed by atoms with E-state index in [0.29, 0.717) is 24.6 Å². The van der Waals surface area contributed by atoms with Crippen molar-refractivity contribution in [2.24, 2.45) is 5.92 Å². The van der Waals surface area contributed by atoms with Crippen molar-refractivity contribution >= 4 is 0 Å². The van der Waals surface area contributed by atoms with E-state index in [1.165, 1.54) is 45.1 Å². The van der Waals surface area contributed by atoms with Crippen LogP contribution in [0.25, 0.3) is 0 Å². The fourth-order valence-electron chi connectivity index (χ4n) is 4.32. The van der Waals surface area contributed by atoms with E-state index < -0.39 is 0 Å². The van der Waals surface area contributed by atoms with E-state index in [9.17, 15) is 5.11 Å². The van der Waals surface area contributed by atoms with E-state index in [0.717, 1.165) is 26.2 Å². The third-order valence-corrected chi connectivity index (χ3v) is 5.89. The summed E-state index contributed by atoms with van der Waals surface area (Å²) >= 11 is 0. The molecule has 2 N–H and O–H groups in total. The van der Waals surface area contributed by atoms with Crippen molar-refractivity contribution in [2.75, 3.05) is 32.9 Å². The number of hydrogen-bond donors (Lipinski definition) is 2. The molecule has 0 spiro atoms. The zero-order chi connectivity index (χ0) is 14.7. The number of nitrogens with one attached hydrogen (secondary N) is 1. The second kappa shape index (κ2) is 6.95. The summed E-state index contributed by atoms with van der Waals surface area (Å²) in [5.74, 6) is 0.642. The van der Waals surface area contributed by atoms with Gasteiger partial charge in [-0.15, -0.1) is 0 Å². The molecule has 0 amide bonds. The SMILES string of the molecule is CCC1COCCN1CCC1CCCC1(CO)NC1CC1. The van der Waals surface area contributed by atoms with E-state index in [1.54, 1.807) is 0 Å². The summed E-state index contributed by atoms with van der Waals surface area (Å²) in [6.45, 7) is 6.59. The lowest BCUT2D eigenvalue weighted by Crippen LogP contribution is -2.53. The summed E-state index contributed by atoms with van der Waals surface area (Å²) in [4.78, 5) is 2.61. The third-order valence-electron chi connectivity index (χ3n) is 5.89. The molecule has 2 aliphatic carbocycles. The fourth-order valence-corrected chi connectivity index (χ4v) is 4.32. The molecule has 0 radical (unpaired) electrons. The second-order valence-corrected chi connectivity index (χ2v) is 7.28. The molecule has 21 heavy (non-hydrogen) atoms. The van der Waals surface area contributed by atoms with Crippen LogP contribution < -0.4 is 5.32 Å². The quantitative estimate of drug-likeness (QED) is 0.751. The van der Waals surface area contributed by atoms with E-state index >= 15 is 0 Å². The smallest absolute Gasteiger partial charge is 0.0622 e. The van der Waals surface area contributed by atoms with E-state index in [4.69, 9.17) is 4.74 Å². The molecule has 0 bridgehead atoms. The molecule has 3 rings (SSSR count). The molecule has 3 fully saturated rings. The lowest BCUT2D eigenvalue weighted by Gasteiger charge is -2.39. The average molecular weight is 296 g/mol. The summed E-state index contributed by atoms with van der Waals surface area (Å²) in [5, 5.41) is 13.8. The van der Waals surface area contributed by atoms with Crippen molar-refractivity contribution in [3.8, 4) is 0 Å². The molecule has 3 unspecified atom stereocenters. The average Bonchev–Trinajstić information content (AvgIpc) is 3.24. The molecular weight excluding hydrogens is 264 g/mol. The van der Waals surface area contributed by atoms with Gasteiger partial charge in [-0.25, -0.2) is 0 Å². The van der Waals surface area contributed by atoms with Crippen LogP contribution in [0, 0.1) is 5.92 Å². The lowest BCUT2D eigenvalue weighted by atomic mass is 9.84. The summed E-state index contributed by atoms with van der Waals surface area (Å²) < 4.78 is 5.60. The molecule has 0 aromatic rings. The van der Waals surface area contributed by atoms with E-state index in [1.807, 2.05) is 0 Å².